The number of hydrogen-bond acceptors (Lipinski definition) is 4. The number of nitrogens with zero attached hydrogens (tertiary/aromatic N) is 3. The average Bonchev–Trinajstić information content (AvgIpc) is 2.48. The summed E-state index contributed by atoms with van der Waals surface area (Å²) < 4.78 is 29.6. The van der Waals surface area contributed by atoms with E-state index in [0.717, 1.165) is 9.77 Å². The molecule has 7 heteroatoms. The second kappa shape index (κ2) is 6.17. The summed E-state index contributed by atoms with van der Waals surface area (Å²) in [5.41, 5.74) is 0.167. The van der Waals surface area contributed by atoms with Gasteiger partial charge in [-0.3, -0.25) is 4.99 Å². The normalized spacial score (nSPS) is 13.5. The Kier molecular flexibility index (Phi) is 4.09. The maximum atomic E-state index is 13.8. The van der Waals surface area contributed by atoms with Crippen molar-refractivity contribution in [2.75, 3.05) is 5.32 Å². The molecule has 0 saturated heterocycles. The van der Waals surface area contributed by atoms with E-state index in [4.69, 9.17) is 0 Å². The van der Waals surface area contributed by atoms with Gasteiger partial charge in [-0.15, -0.1) is 0 Å². The van der Waals surface area contributed by atoms with E-state index in [2.05, 4.69) is 20.3 Å². The van der Waals surface area contributed by atoms with Crippen LogP contribution in [0.1, 0.15) is 0 Å². The lowest BCUT2D eigenvalue weighted by atomic mass is 10.2. The van der Waals surface area contributed by atoms with Crippen LogP contribution in [0.15, 0.2) is 45.2 Å². The maximum Gasteiger partial charge on any atom is 0.164 e. The predicted octanol–water partition coefficient (Wildman–Crippen LogP) is 3.49. The van der Waals surface area contributed by atoms with Gasteiger partial charge in [-0.25, -0.2) is 18.7 Å². The third-order valence-corrected chi connectivity index (χ3v) is 4.51. The molecule has 0 fully saturated rings. The van der Waals surface area contributed by atoms with E-state index >= 15 is 0 Å². The fraction of sp³-hybridized carbons (Fsp3) is 0. The van der Waals surface area contributed by atoms with Gasteiger partial charge in [0.15, 0.2) is 5.82 Å². The maximum absolute atomic E-state index is 13.8. The third-order valence-electron chi connectivity index (χ3n) is 2.60. The Labute approximate surface area is 129 Å². The summed E-state index contributed by atoms with van der Waals surface area (Å²) in [6.07, 6.45) is 5.12. The summed E-state index contributed by atoms with van der Waals surface area (Å²) in [6, 6.07) is 5.03. The number of hydrogen-bond donors (Lipinski definition) is 1. The van der Waals surface area contributed by atoms with Crippen molar-refractivity contribution < 1.29 is 8.78 Å². The number of anilines is 1. The molecule has 0 aliphatic carbocycles. The quantitative estimate of drug-likeness (QED) is 0.636. The number of halogens is 3. The van der Waals surface area contributed by atoms with Gasteiger partial charge in [-0.2, -0.15) is 0 Å². The summed E-state index contributed by atoms with van der Waals surface area (Å²) in [6.45, 7) is 0. The Morgan fingerprint density at radius 3 is 2.81 bits per heavy atom. The fourth-order valence-corrected chi connectivity index (χ4v) is 3.13. The van der Waals surface area contributed by atoms with Gasteiger partial charge in [0, 0.05) is 18.5 Å². The van der Waals surface area contributed by atoms with Gasteiger partial charge in [0.1, 0.15) is 17.5 Å². The van der Waals surface area contributed by atoms with Gasteiger partial charge in [-0.05, 0) is 45.0 Å². The van der Waals surface area contributed by atoms with Crippen LogP contribution < -0.4 is 5.32 Å². The first-order valence-electron chi connectivity index (χ1n) is 5.96. The number of aliphatic imine (C=N–C) groups is 1. The highest BCUT2D eigenvalue weighted by Crippen LogP contribution is 2.23. The molecular weight excluding hydrogens is 389 g/mol. The molecule has 0 saturated carbocycles. The highest BCUT2D eigenvalue weighted by atomic mass is 127. The molecule has 0 unspecified atom stereocenters. The molecule has 0 atom stereocenters. The first-order valence-corrected chi connectivity index (χ1v) is 8.29. The van der Waals surface area contributed by atoms with Crippen molar-refractivity contribution in [2.45, 2.75) is 0 Å². The SMILES string of the molecule is Fc1ccc(-c2nccc(NC3=CC=NC=I3)n2)c(F)c1. The van der Waals surface area contributed by atoms with Crippen LogP contribution in [0.5, 0.6) is 0 Å². The molecule has 4 nitrogen and oxygen atoms in total. The molecule has 2 aromatic rings. The topological polar surface area (TPSA) is 50.2 Å². The minimum Gasteiger partial charge on any atom is -0.335 e. The highest BCUT2D eigenvalue weighted by Gasteiger charge is 2.10. The molecular formula is C14H9F2IN4. The van der Waals surface area contributed by atoms with Crippen LogP contribution in [0, 0.1) is 11.6 Å². The second-order valence-corrected chi connectivity index (χ2v) is 6.38. The van der Waals surface area contributed by atoms with Gasteiger partial charge in [-0.1, -0.05) is 0 Å². The first-order chi connectivity index (χ1) is 10.2. The smallest absolute Gasteiger partial charge is 0.164 e. The lowest BCUT2D eigenvalue weighted by Gasteiger charge is -2.08. The molecule has 0 radical (unpaired) electrons. The second-order valence-electron chi connectivity index (χ2n) is 4.03. The molecule has 0 spiro atoms. The first kappa shape index (κ1) is 13.9. The highest BCUT2D eigenvalue weighted by molar-refractivity contribution is 14.2. The summed E-state index contributed by atoms with van der Waals surface area (Å²) in [5, 5.41) is 3.16. The van der Waals surface area contributed by atoms with Crippen molar-refractivity contribution in [1.29, 1.82) is 0 Å². The number of aromatic nitrogens is 2. The number of allylic oxidation sites excluding steroid dienone is 1. The van der Waals surface area contributed by atoms with Gasteiger partial charge in [0.25, 0.3) is 0 Å². The van der Waals surface area contributed by atoms with Crippen molar-refractivity contribution >= 4 is 36.9 Å². The van der Waals surface area contributed by atoms with E-state index in [0.29, 0.717) is 5.82 Å². The van der Waals surface area contributed by atoms with Gasteiger partial charge >= 0.3 is 0 Å². The van der Waals surface area contributed by atoms with E-state index in [1.165, 1.54) is 18.3 Å². The van der Waals surface area contributed by atoms with Crippen LogP contribution in [0.2, 0.25) is 0 Å². The predicted molar refractivity (Wildman–Crippen MR) is 87.7 cm³/mol. The van der Waals surface area contributed by atoms with E-state index in [-0.39, 0.29) is 32.1 Å². The molecule has 1 aromatic heterocycles. The molecule has 0 bridgehead atoms. The minimum absolute atomic E-state index is 0.167. The van der Waals surface area contributed by atoms with E-state index < -0.39 is 11.6 Å². The largest absolute Gasteiger partial charge is 0.335 e. The van der Waals surface area contributed by atoms with Gasteiger partial charge in [0.2, 0.25) is 0 Å². The van der Waals surface area contributed by atoms with Gasteiger partial charge < -0.3 is 5.32 Å². The minimum atomic E-state index is -0.683. The van der Waals surface area contributed by atoms with Crippen LogP contribution in [0.3, 0.4) is 0 Å². The average molecular weight is 398 g/mol. The summed E-state index contributed by atoms with van der Waals surface area (Å²) in [4.78, 5) is 12.3. The van der Waals surface area contributed by atoms with Gasteiger partial charge in [0.05, 0.1) is 13.4 Å². The van der Waals surface area contributed by atoms with E-state index in [9.17, 15) is 8.78 Å². The lowest BCUT2D eigenvalue weighted by Crippen LogP contribution is -2.01. The zero-order chi connectivity index (χ0) is 14.7. The molecule has 0 amide bonds. The Bertz CT molecular complexity index is 771. The van der Waals surface area contributed by atoms with Crippen LogP contribution in [-0.4, -0.2) is 20.3 Å². The van der Waals surface area contributed by atoms with Crippen LogP contribution in [0.25, 0.3) is 11.4 Å². The molecule has 106 valence electrons. The standard InChI is InChI=1S/C14H9F2IN4/c15-9-1-2-10(11(16)7-9)14-19-6-4-13(21-14)20-12-3-5-18-8-17-12/h1-8H,(H,19,20,21). The monoisotopic (exact) mass is 398 g/mol. The van der Waals surface area contributed by atoms with Crippen LogP contribution in [0.4, 0.5) is 14.6 Å². The van der Waals surface area contributed by atoms with Crippen LogP contribution >= 0.6 is 20.7 Å². The molecule has 3 rings (SSSR count). The van der Waals surface area contributed by atoms with Crippen molar-refractivity contribution in [3.05, 3.63) is 51.9 Å². The Morgan fingerprint density at radius 2 is 2.05 bits per heavy atom. The summed E-state index contributed by atoms with van der Waals surface area (Å²) in [5.74, 6) is -0.530. The number of rotatable bonds is 3. The van der Waals surface area contributed by atoms with Crippen molar-refractivity contribution in [3.8, 4) is 11.4 Å². The summed E-state index contributed by atoms with van der Waals surface area (Å²) >= 11 is -0.310. The van der Waals surface area contributed by atoms with Crippen molar-refractivity contribution in [1.82, 2.24) is 9.97 Å². The third kappa shape index (κ3) is 3.35. The Morgan fingerprint density at radius 1 is 1.14 bits per heavy atom. The Hall–Kier alpha value is -2.03. The van der Waals surface area contributed by atoms with Crippen molar-refractivity contribution in [2.24, 2.45) is 4.99 Å². The van der Waals surface area contributed by atoms with E-state index in [1.54, 1.807) is 12.3 Å². The molecule has 2 heterocycles. The number of benzene rings is 1. The molecule has 1 N–H and O–H groups in total. The van der Waals surface area contributed by atoms with E-state index in [1.807, 2.05) is 10.2 Å². The summed E-state index contributed by atoms with van der Waals surface area (Å²) in [7, 11) is 0. The Balaban J connectivity index is 1.91. The number of nitrogens with one attached hydrogen (secondary N) is 1. The fourth-order valence-electron chi connectivity index (χ4n) is 1.68. The molecule has 1 aliphatic rings. The zero-order valence-electron chi connectivity index (χ0n) is 10.6. The zero-order valence-corrected chi connectivity index (χ0v) is 12.8. The lowest BCUT2D eigenvalue weighted by molar-refractivity contribution is 0.585. The van der Waals surface area contributed by atoms with Crippen molar-refractivity contribution in [3.63, 3.8) is 0 Å². The van der Waals surface area contributed by atoms with Crippen LogP contribution in [-0.2, 0) is 0 Å². The molecule has 1 aliphatic heterocycles. The molecule has 21 heavy (non-hydrogen) atoms. The molecule has 1 aromatic carbocycles.